The van der Waals surface area contributed by atoms with Crippen molar-refractivity contribution in [3.8, 4) is 17.1 Å². The summed E-state index contributed by atoms with van der Waals surface area (Å²) < 4.78 is 12.0. The molecule has 0 fully saturated rings. The van der Waals surface area contributed by atoms with Crippen LogP contribution in [0, 0.1) is 6.92 Å². The zero-order valence-electron chi connectivity index (χ0n) is 12.7. The number of aromatic nitrogens is 3. The molecule has 0 aliphatic carbocycles. The summed E-state index contributed by atoms with van der Waals surface area (Å²) in [6, 6.07) is 11.6. The van der Waals surface area contributed by atoms with Crippen LogP contribution < -0.4 is 0 Å². The third-order valence-corrected chi connectivity index (χ3v) is 4.20. The van der Waals surface area contributed by atoms with Crippen molar-refractivity contribution in [2.45, 2.75) is 12.1 Å². The number of nitrogens with zero attached hydrogens (tertiary/aromatic N) is 3. The zero-order valence-corrected chi connectivity index (χ0v) is 13.5. The first-order valence-electron chi connectivity index (χ1n) is 6.95. The van der Waals surface area contributed by atoms with Gasteiger partial charge in [-0.3, -0.25) is 9.36 Å². The van der Waals surface area contributed by atoms with E-state index in [0.29, 0.717) is 11.0 Å². The van der Waals surface area contributed by atoms with Crippen LogP contribution in [0.25, 0.3) is 17.1 Å². The number of esters is 1. The van der Waals surface area contributed by atoms with Crippen LogP contribution in [0.4, 0.5) is 0 Å². The van der Waals surface area contributed by atoms with Gasteiger partial charge in [0.1, 0.15) is 5.76 Å². The lowest BCUT2D eigenvalue weighted by atomic mass is 10.2. The summed E-state index contributed by atoms with van der Waals surface area (Å²) >= 11 is 1.28. The summed E-state index contributed by atoms with van der Waals surface area (Å²) in [5, 5.41) is 9.12. The number of benzene rings is 1. The summed E-state index contributed by atoms with van der Waals surface area (Å²) in [5.74, 6) is 1.30. The Hall–Kier alpha value is -2.54. The Balaban J connectivity index is 2.06. The van der Waals surface area contributed by atoms with Crippen LogP contribution in [0.15, 0.2) is 52.2 Å². The van der Waals surface area contributed by atoms with Crippen molar-refractivity contribution in [2.24, 2.45) is 0 Å². The van der Waals surface area contributed by atoms with E-state index in [1.165, 1.54) is 18.9 Å². The van der Waals surface area contributed by atoms with Crippen LogP contribution >= 0.6 is 11.8 Å². The summed E-state index contributed by atoms with van der Waals surface area (Å²) in [7, 11) is 1.37. The first-order valence-corrected chi connectivity index (χ1v) is 7.94. The van der Waals surface area contributed by atoms with Gasteiger partial charge in [-0.2, -0.15) is 0 Å². The molecule has 1 aromatic carbocycles. The largest absolute Gasteiger partial charge is 0.469 e. The number of hydrogen-bond donors (Lipinski definition) is 0. The number of methoxy groups -OCH3 is 1. The fourth-order valence-electron chi connectivity index (χ4n) is 2.15. The number of ether oxygens (including phenoxy) is 1. The molecule has 2 aromatic heterocycles. The maximum absolute atomic E-state index is 11.4. The van der Waals surface area contributed by atoms with Crippen LogP contribution in [0.5, 0.6) is 0 Å². The number of carbonyl (C=O) groups is 1. The van der Waals surface area contributed by atoms with Gasteiger partial charge < -0.3 is 9.15 Å². The van der Waals surface area contributed by atoms with E-state index in [9.17, 15) is 4.79 Å². The van der Waals surface area contributed by atoms with Crippen LogP contribution in [-0.2, 0) is 9.53 Å². The highest BCUT2D eigenvalue weighted by molar-refractivity contribution is 7.99. The van der Waals surface area contributed by atoms with Gasteiger partial charge in [0.05, 0.1) is 24.7 Å². The van der Waals surface area contributed by atoms with E-state index in [2.05, 4.69) is 14.9 Å². The Morgan fingerprint density at radius 3 is 2.70 bits per heavy atom. The Morgan fingerprint density at radius 2 is 2.04 bits per heavy atom. The molecule has 118 valence electrons. The second-order valence-electron chi connectivity index (χ2n) is 4.73. The van der Waals surface area contributed by atoms with Gasteiger partial charge in [0.2, 0.25) is 0 Å². The van der Waals surface area contributed by atoms with Gasteiger partial charge in [-0.1, -0.05) is 30.0 Å². The molecule has 0 radical (unpaired) electrons. The minimum Gasteiger partial charge on any atom is -0.469 e. The van der Waals surface area contributed by atoms with Crippen LogP contribution in [0.3, 0.4) is 0 Å². The number of aryl methyl sites for hydroxylation is 1. The first kappa shape index (κ1) is 15.4. The molecular formula is C16H15N3O3S. The zero-order chi connectivity index (χ0) is 16.2. The molecule has 0 unspecified atom stereocenters. The molecule has 23 heavy (non-hydrogen) atoms. The Labute approximate surface area is 137 Å². The third kappa shape index (κ3) is 3.14. The van der Waals surface area contributed by atoms with Gasteiger partial charge in [-0.15, -0.1) is 10.2 Å². The van der Waals surface area contributed by atoms with Crippen molar-refractivity contribution in [2.75, 3.05) is 12.9 Å². The molecule has 0 amide bonds. The molecule has 0 spiro atoms. The Kier molecular flexibility index (Phi) is 4.47. The van der Waals surface area contributed by atoms with Crippen molar-refractivity contribution < 1.29 is 13.9 Å². The smallest absolute Gasteiger partial charge is 0.316 e. The number of para-hydroxylation sites is 1. The predicted molar refractivity (Wildman–Crippen MR) is 86.5 cm³/mol. The minimum atomic E-state index is -0.307. The highest BCUT2D eigenvalue weighted by Crippen LogP contribution is 2.30. The fraction of sp³-hybridized carbons (Fsp3) is 0.188. The SMILES string of the molecule is COC(=O)CSc1nnc(-c2ccoc2C)n1-c1ccccc1. The molecule has 0 aliphatic rings. The van der Waals surface area contributed by atoms with Crippen LogP contribution in [-0.4, -0.2) is 33.6 Å². The van der Waals surface area contributed by atoms with Crippen molar-refractivity contribution in [1.82, 2.24) is 14.8 Å². The maximum atomic E-state index is 11.4. The summed E-state index contributed by atoms with van der Waals surface area (Å²) in [6.45, 7) is 1.88. The number of carbonyl (C=O) groups excluding carboxylic acids is 1. The average Bonchev–Trinajstić information content (AvgIpc) is 3.19. The summed E-state index contributed by atoms with van der Waals surface area (Å²) in [5.41, 5.74) is 1.78. The average molecular weight is 329 g/mol. The fourth-order valence-corrected chi connectivity index (χ4v) is 2.93. The maximum Gasteiger partial charge on any atom is 0.316 e. The van der Waals surface area contributed by atoms with Crippen LogP contribution in [0.2, 0.25) is 0 Å². The van der Waals surface area contributed by atoms with Gasteiger partial charge in [-0.25, -0.2) is 0 Å². The lowest BCUT2D eigenvalue weighted by Gasteiger charge is -2.09. The van der Waals surface area contributed by atoms with E-state index in [-0.39, 0.29) is 11.7 Å². The molecule has 0 bridgehead atoms. The van der Waals surface area contributed by atoms with Gasteiger partial charge in [0.15, 0.2) is 11.0 Å². The van der Waals surface area contributed by atoms with Crippen molar-refractivity contribution >= 4 is 17.7 Å². The minimum absolute atomic E-state index is 0.172. The molecule has 0 saturated heterocycles. The molecule has 2 heterocycles. The Bertz CT molecular complexity index is 811. The van der Waals surface area contributed by atoms with Crippen molar-refractivity contribution in [3.05, 3.63) is 48.4 Å². The highest BCUT2D eigenvalue weighted by Gasteiger charge is 2.19. The van der Waals surface area contributed by atoms with E-state index in [4.69, 9.17) is 4.42 Å². The lowest BCUT2D eigenvalue weighted by Crippen LogP contribution is -2.05. The Morgan fingerprint density at radius 1 is 1.26 bits per heavy atom. The highest BCUT2D eigenvalue weighted by atomic mass is 32.2. The molecule has 0 saturated carbocycles. The molecular weight excluding hydrogens is 314 g/mol. The van der Waals surface area contributed by atoms with E-state index in [1.807, 2.05) is 47.9 Å². The van der Waals surface area contributed by atoms with Crippen LogP contribution in [0.1, 0.15) is 5.76 Å². The second kappa shape index (κ2) is 6.70. The topological polar surface area (TPSA) is 70.2 Å². The van der Waals surface area contributed by atoms with Gasteiger partial charge in [0.25, 0.3) is 0 Å². The van der Waals surface area contributed by atoms with E-state index < -0.39 is 0 Å². The van der Waals surface area contributed by atoms with Crippen molar-refractivity contribution in [1.29, 1.82) is 0 Å². The number of thioether (sulfide) groups is 1. The van der Waals surface area contributed by atoms with E-state index in [1.54, 1.807) is 6.26 Å². The summed E-state index contributed by atoms with van der Waals surface area (Å²) in [4.78, 5) is 11.4. The molecule has 3 aromatic rings. The summed E-state index contributed by atoms with van der Waals surface area (Å²) in [6.07, 6.45) is 1.62. The van der Waals surface area contributed by atoms with Gasteiger partial charge >= 0.3 is 5.97 Å². The van der Waals surface area contributed by atoms with E-state index in [0.717, 1.165) is 17.0 Å². The predicted octanol–water partition coefficient (Wildman–Crippen LogP) is 3.10. The van der Waals surface area contributed by atoms with Gasteiger partial charge in [-0.05, 0) is 25.1 Å². The normalized spacial score (nSPS) is 10.7. The van der Waals surface area contributed by atoms with E-state index >= 15 is 0 Å². The standard InChI is InChI=1S/C16H15N3O3S/c1-11-13(8-9-22-11)15-17-18-16(23-10-14(20)21-2)19(15)12-6-4-3-5-7-12/h3-9H,10H2,1-2H3. The molecule has 0 aliphatic heterocycles. The number of hydrogen-bond acceptors (Lipinski definition) is 6. The first-order chi connectivity index (χ1) is 11.2. The molecule has 0 N–H and O–H groups in total. The number of furan rings is 1. The quantitative estimate of drug-likeness (QED) is 0.529. The molecule has 7 heteroatoms. The van der Waals surface area contributed by atoms with Gasteiger partial charge in [0, 0.05) is 5.69 Å². The lowest BCUT2D eigenvalue weighted by molar-refractivity contribution is -0.137. The monoisotopic (exact) mass is 329 g/mol. The van der Waals surface area contributed by atoms with Crippen molar-refractivity contribution in [3.63, 3.8) is 0 Å². The second-order valence-corrected chi connectivity index (χ2v) is 5.67. The molecule has 3 rings (SSSR count). The third-order valence-electron chi connectivity index (χ3n) is 3.29. The molecule has 6 nitrogen and oxygen atoms in total. The molecule has 0 atom stereocenters. The number of rotatable bonds is 5.